The van der Waals surface area contributed by atoms with Crippen molar-refractivity contribution in [3.05, 3.63) is 72.4 Å². The minimum atomic E-state index is -3.50. The van der Waals surface area contributed by atoms with Crippen LogP contribution in [0.5, 0.6) is 0 Å². The smallest absolute Gasteiger partial charge is 0.251 e. The van der Waals surface area contributed by atoms with Gasteiger partial charge in [0, 0.05) is 49.0 Å². The summed E-state index contributed by atoms with van der Waals surface area (Å²) >= 11 is 0. The maximum Gasteiger partial charge on any atom is 0.251 e. The molecule has 1 saturated heterocycles. The van der Waals surface area contributed by atoms with Crippen LogP contribution in [0.1, 0.15) is 28.9 Å². The second-order valence-electron chi connectivity index (χ2n) is 6.91. The highest BCUT2D eigenvalue weighted by Gasteiger charge is 2.27. The van der Waals surface area contributed by atoms with Crippen LogP contribution in [-0.2, 0) is 16.6 Å². The Kier molecular flexibility index (Phi) is 5.82. The molecule has 1 fully saturated rings. The number of sulfonamides is 1. The quantitative estimate of drug-likeness (QED) is 0.652. The lowest BCUT2D eigenvalue weighted by molar-refractivity contribution is 0.0950. The third-order valence-corrected chi connectivity index (χ3v) is 6.86. The normalized spacial score (nSPS) is 14.5. The number of nitrogens with zero attached hydrogens (tertiary/aromatic N) is 4. The fourth-order valence-corrected chi connectivity index (χ4v) is 4.88. The van der Waals surface area contributed by atoms with Crippen LogP contribution in [0.3, 0.4) is 0 Å². The number of nitrogens with one attached hydrogen (secondary N) is 1. The molecule has 1 aromatic carbocycles. The summed E-state index contributed by atoms with van der Waals surface area (Å²) in [7, 11) is -3.50. The first-order chi connectivity index (χ1) is 14.6. The Morgan fingerprint density at radius 3 is 2.43 bits per heavy atom. The van der Waals surface area contributed by atoms with Crippen molar-refractivity contribution in [3.8, 4) is 11.3 Å². The van der Waals surface area contributed by atoms with E-state index in [2.05, 4.69) is 20.3 Å². The average Bonchev–Trinajstić information content (AvgIpc) is 3.34. The lowest BCUT2D eigenvalue weighted by Gasteiger charge is -2.15. The molecule has 0 atom stereocenters. The zero-order valence-electron chi connectivity index (χ0n) is 16.2. The summed E-state index contributed by atoms with van der Waals surface area (Å²) in [5.74, 6) is -0.317. The molecule has 1 N–H and O–H groups in total. The van der Waals surface area contributed by atoms with Crippen LogP contribution in [0, 0.1) is 0 Å². The minimum Gasteiger partial charge on any atom is -0.346 e. The molecule has 8 nitrogen and oxygen atoms in total. The SMILES string of the molecule is O=C(NCc1nccnc1-c1cccnc1)c1ccc(S(=O)(=O)N2CCCC2)cc1. The molecule has 0 saturated carbocycles. The van der Waals surface area contributed by atoms with Gasteiger partial charge in [-0.1, -0.05) is 0 Å². The highest BCUT2D eigenvalue weighted by Crippen LogP contribution is 2.21. The topological polar surface area (TPSA) is 105 Å². The molecule has 1 amide bonds. The summed E-state index contributed by atoms with van der Waals surface area (Å²) in [4.78, 5) is 25.5. The number of rotatable bonds is 6. The summed E-state index contributed by atoms with van der Waals surface area (Å²) in [6.45, 7) is 1.27. The molecule has 3 heterocycles. The zero-order valence-corrected chi connectivity index (χ0v) is 17.0. The molecule has 0 aliphatic carbocycles. The van der Waals surface area contributed by atoms with Crippen LogP contribution in [0.4, 0.5) is 0 Å². The van der Waals surface area contributed by atoms with Gasteiger partial charge in [-0.05, 0) is 49.2 Å². The van der Waals surface area contributed by atoms with E-state index in [9.17, 15) is 13.2 Å². The molecule has 0 spiro atoms. The largest absolute Gasteiger partial charge is 0.346 e. The van der Waals surface area contributed by atoms with Crippen LogP contribution >= 0.6 is 0 Å². The highest BCUT2D eigenvalue weighted by molar-refractivity contribution is 7.89. The van der Waals surface area contributed by atoms with E-state index in [0.29, 0.717) is 30.0 Å². The minimum absolute atomic E-state index is 0.185. The molecule has 9 heteroatoms. The Bertz CT molecular complexity index is 1130. The van der Waals surface area contributed by atoms with E-state index in [1.807, 2.05) is 12.1 Å². The van der Waals surface area contributed by atoms with Crippen LogP contribution in [0.2, 0.25) is 0 Å². The molecule has 1 aliphatic heterocycles. The van der Waals surface area contributed by atoms with Crippen molar-refractivity contribution in [2.24, 2.45) is 0 Å². The Labute approximate surface area is 175 Å². The van der Waals surface area contributed by atoms with Crippen molar-refractivity contribution in [1.29, 1.82) is 0 Å². The molecule has 1 aliphatic rings. The Hall–Kier alpha value is -3.17. The number of pyridine rings is 1. The van der Waals surface area contributed by atoms with Crippen LogP contribution < -0.4 is 5.32 Å². The molecule has 0 unspecified atom stereocenters. The lowest BCUT2D eigenvalue weighted by Crippen LogP contribution is -2.28. The van der Waals surface area contributed by atoms with Gasteiger partial charge in [0.05, 0.1) is 22.8 Å². The molecule has 0 radical (unpaired) electrons. The first-order valence-electron chi connectivity index (χ1n) is 9.64. The standard InChI is InChI=1S/C21H21N5O3S/c27-21(16-5-7-18(8-6-16)30(28,29)26-12-1-2-13-26)25-15-19-20(24-11-10-23-19)17-4-3-9-22-14-17/h3-11,14H,1-2,12-13,15H2,(H,25,27). The molecule has 30 heavy (non-hydrogen) atoms. The molecular weight excluding hydrogens is 402 g/mol. The number of amides is 1. The number of carbonyl (C=O) groups excluding carboxylic acids is 1. The molecule has 3 aromatic rings. The monoisotopic (exact) mass is 423 g/mol. The third-order valence-electron chi connectivity index (χ3n) is 4.94. The average molecular weight is 423 g/mol. The van der Waals surface area contributed by atoms with E-state index >= 15 is 0 Å². The Balaban J connectivity index is 1.45. The van der Waals surface area contributed by atoms with Gasteiger partial charge in [0.25, 0.3) is 5.91 Å². The molecule has 154 valence electrons. The first-order valence-corrected chi connectivity index (χ1v) is 11.1. The van der Waals surface area contributed by atoms with E-state index in [1.54, 1.807) is 24.8 Å². The van der Waals surface area contributed by atoms with Gasteiger partial charge in [0.2, 0.25) is 10.0 Å². The fourth-order valence-electron chi connectivity index (χ4n) is 3.36. The van der Waals surface area contributed by atoms with Crippen LogP contribution in [0.15, 0.2) is 66.1 Å². The van der Waals surface area contributed by atoms with Crippen molar-refractivity contribution in [2.45, 2.75) is 24.3 Å². The molecule has 2 aromatic heterocycles. The molecule has 0 bridgehead atoms. The number of hydrogen-bond donors (Lipinski definition) is 1. The van der Waals surface area contributed by atoms with Crippen molar-refractivity contribution >= 4 is 15.9 Å². The number of aromatic nitrogens is 3. The Morgan fingerprint density at radius 2 is 1.73 bits per heavy atom. The molecule has 4 rings (SSSR count). The highest BCUT2D eigenvalue weighted by atomic mass is 32.2. The van der Waals surface area contributed by atoms with E-state index in [-0.39, 0.29) is 17.3 Å². The second-order valence-corrected chi connectivity index (χ2v) is 8.85. The number of hydrogen-bond acceptors (Lipinski definition) is 6. The van der Waals surface area contributed by atoms with Gasteiger partial charge in [-0.3, -0.25) is 19.7 Å². The predicted molar refractivity (Wildman–Crippen MR) is 111 cm³/mol. The number of carbonyl (C=O) groups is 1. The van der Waals surface area contributed by atoms with Crippen molar-refractivity contribution in [1.82, 2.24) is 24.6 Å². The van der Waals surface area contributed by atoms with Gasteiger partial charge in [-0.2, -0.15) is 4.31 Å². The zero-order chi connectivity index (χ0) is 21.0. The van der Waals surface area contributed by atoms with E-state index in [1.165, 1.54) is 28.6 Å². The van der Waals surface area contributed by atoms with Crippen LogP contribution in [-0.4, -0.2) is 46.7 Å². The van der Waals surface area contributed by atoms with Gasteiger partial charge in [-0.25, -0.2) is 8.42 Å². The van der Waals surface area contributed by atoms with E-state index in [4.69, 9.17) is 0 Å². The Morgan fingerprint density at radius 1 is 1.00 bits per heavy atom. The maximum atomic E-state index is 12.6. The third kappa shape index (κ3) is 4.22. The van der Waals surface area contributed by atoms with Gasteiger partial charge in [0.15, 0.2) is 0 Å². The lowest BCUT2D eigenvalue weighted by atomic mass is 10.1. The van der Waals surface area contributed by atoms with Crippen molar-refractivity contribution in [2.75, 3.05) is 13.1 Å². The van der Waals surface area contributed by atoms with E-state index in [0.717, 1.165) is 18.4 Å². The van der Waals surface area contributed by atoms with Crippen LogP contribution in [0.25, 0.3) is 11.3 Å². The second kappa shape index (κ2) is 8.68. The van der Waals surface area contributed by atoms with Gasteiger partial charge < -0.3 is 5.32 Å². The summed E-state index contributed by atoms with van der Waals surface area (Å²) in [5, 5.41) is 2.82. The summed E-state index contributed by atoms with van der Waals surface area (Å²) in [6.07, 6.45) is 8.28. The van der Waals surface area contributed by atoms with Crippen molar-refractivity contribution < 1.29 is 13.2 Å². The summed E-state index contributed by atoms with van der Waals surface area (Å²) in [6, 6.07) is 9.69. The van der Waals surface area contributed by atoms with Gasteiger partial charge >= 0.3 is 0 Å². The van der Waals surface area contributed by atoms with E-state index < -0.39 is 10.0 Å². The predicted octanol–water partition coefficient (Wildman–Crippen LogP) is 2.25. The summed E-state index contributed by atoms with van der Waals surface area (Å²) < 4.78 is 26.7. The fraction of sp³-hybridized carbons (Fsp3) is 0.238. The molecular formula is C21H21N5O3S. The summed E-state index contributed by atoms with van der Waals surface area (Å²) in [5.41, 5.74) is 2.46. The van der Waals surface area contributed by atoms with Crippen molar-refractivity contribution in [3.63, 3.8) is 0 Å². The number of benzene rings is 1. The first kappa shape index (κ1) is 20.1. The maximum absolute atomic E-state index is 12.6. The van der Waals surface area contributed by atoms with Gasteiger partial charge in [-0.15, -0.1) is 0 Å². The van der Waals surface area contributed by atoms with Gasteiger partial charge in [0.1, 0.15) is 0 Å².